The Hall–Kier alpha value is -0.880. The van der Waals surface area contributed by atoms with Crippen LogP contribution in [0.15, 0.2) is 4.47 Å². The highest BCUT2D eigenvalue weighted by Gasteiger charge is 2.26. The van der Waals surface area contributed by atoms with Gasteiger partial charge in [-0.15, -0.1) is 0 Å². The van der Waals surface area contributed by atoms with E-state index in [0.717, 1.165) is 22.4 Å². The first-order chi connectivity index (χ1) is 8.66. The van der Waals surface area contributed by atoms with Crippen molar-refractivity contribution in [1.82, 2.24) is 14.7 Å². The van der Waals surface area contributed by atoms with Crippen molar-refractivity contribution in [2.45, 2.75) is 53.2 Å². The summed E-state index contributed by atoms with van der Waals surface area (Å²) in [6, 6.07) is 0. The molecule has 1 aromatic rings. The van der Waals surface area contributed by atoms with Gasteiger partial charge in [-0.1, -0.05) is 0 Å². The molecule has 0 aliphatic rings. The van der Waals surface area contributed by atoms with Crippen LogP contribution in [-0.4, -0.2) is 37.8 Å². The molecule has 0 unspecified atom stereocenters. The highest BCUT2D eigenvalue weighted by molar-refractivity contribution is 9.10. The molecule has 1 N–H and O–H groups in total. The van der Waals surface area contributed by atoms with Gasteiger partial charge in [0, 0.05) is 18.6 Å². The van der Waals surface area contributed by atoms with Crippen molar-refractivity contribution in [3.8, 4) is 0 Å². The second-order valence-corrected chi connectivity index (χ2v) is 6.38. The maximum atomic E-state index is 11.0. The van der Waals surface area contributed by atoms with Crippen LogP contribution in [0.4, 0.5) is 0 Å². The minimum Gasteiger partial charge on any atom is -0.480 e. The van der Waals surface area contributed by atoms with E-state index in [2.05, 4.69) is 21.0 Å². The molecule has 0 aliphatic heterocycles. The van der Waals surface area contributed by atoms with Crippen LogP contribution in [0, 0.1) is 6.92 Å². The van der Waals surface area contributed by atoms with Crippen LogP contribution in [0.1, 0.15) is 39.1 Å². The first kappa shape index (κ1) is 16.2. The summed E-state index contributed by atoms with van der Waals surface area (Å²) in [6.07, 6.45) is 0. The largest absolute Gasteiger partial charge is 0.480 e. The summed E-state index contributed by atoms with van der Waals surface area (Å²) in [6.45, 7) is 11.4. The molecule has 1 aromatic heterocycles. The average molecular weight is 332 g/mol. The van der Waals surface area contributed by atoms with Crippen LogP contribution < -0.4 is 0 Å². The number of hydrogen-bond acceptors (Lipinski definition) is 3. The molecule has 0 aliphatic carbocycles. The van der Waals surface area contributed by atoms with Gasteiger partial charge in [-0.3, -0.25) is 14.4 Å². The van der Waals surface area contributed by atoms with Crippen molar-refractivity contribution in [2.24, 2.45) is 0 Å². The molecule has 0 radical (unpaired) electrons. The Balaban J connectivity index is 3.06. The molecule has 0 amide bonds. The number of carboxylic acids is 1. The molecule has 108 valence electrons. The topological polar surface area (TPSA) is 58.4 Å². The number of aliphatic carboxylic acids is 1. The maximum absolute atomic E-state index is 11.0. The second kappa shape index (κ2) is 6.05. The maximum Gasteiger partial charge on any atom is 0.317 e. The number of aryl methyl sites for hydroxylation is 2. The quantitative estimate of drug-likeness (QED) is 0.901. The number of aromatic nitrogens is 2. The zero-order valence-corrected chi connectivity index (χ0v) is 13.8. The van der Waals surface area contributed by atoms with Gasteiger partial charge >= 0.3 is 5.97 Å². The molecule has 0 saturated carbocycles. The molecule has 19 heavy (non-hydrogen) atoms. The zero-order chi connectivity index (χ0) is 14.8. The highest BCUT2D eigenvalue weighted by Crippen LogP contribution is 2.25. The molecular formula is C13H22BrN3O2. The second-order valence-electron chi connectivity index (χ2n) is 5.58. The number of rotatable bonds is 5. The molecule has 0 bridgehead atoms. The molecule has 0 aromatic carbocycles. The molecule has 0 fully saturated rings. The van der Waals surface area contributed by atoms with Gasteiger partial charge in [0.1, 0.15) is 0 Å². The smallest absolute Gasteiger partial charge is 0.317 e. The van der Waals surface area contributed by atoms with Gasteiger partial charge in [0.05, 0.1) is 22.4 Å². The van der Waals surface area contributed by atoms with E-state index in [1.807, 2.05) is 44.2 Å². The van der Waals surface area contributed by atoms with E-state index in [0.29, 0.717) is 6.54 Å². The van der Waals surface area contributed by atoms with Crippen molar-refractivity contribution >= 4 is 21.9 Å². The Bertz CT molecular complexity index is 463. The summed E-state index contributed by atoms with van der Waals surface area (Å²) in [7, 11) is 0. The van der Waals surface area contributed by atoms with Crippen molar-refractivity contribution in [3.05, 3.63) is 15.9 Å². The fourth-order valence-electron chi connectivity index (χ4n) is 1.89. The minimum absolute atomic E-state index is 0.0177. The van der Waals surface area contributed by atoms with Gasteiger partial charge in [0.15, 0.2) is 0 Å². The van der Waals surface area contributed by atoms with Crippen molar-refractivity contribution in [1.29, 1.82) is 0 Å². The molecular weight excluding hydrogens is 310 g/mol. The lowest BCUT2D eigenvalue weighted by molar-refractivity contribution is -0.140. The van der Waals surface area contributed by atoms with Gasteiger partial charge in [-0.05, 0) is 50.5 Å². The van der Waals surface area contributed by atoms with Crippen LogP contribution in [-0.2, 0) is 17.9 Å². The van der Waals surface area contributed by atoms with Crippen LogP contribution in [0.5, 0.6) is 0 Å². The van der Waals surface area contributed by atoms with Crippen LogP contribution in [0.2, 0.25) is 0 Å². The van der Waals surface area contributed by atoms with E-state index >= 15 is 0 Å². The first-order valence-corrected chi connectivity index (χ1v) is 7.14. The number of carbonyl (C=O) groups is 1. The molecule has 0 atom stereocenters. The van der Waals surface area contributed by atoms with E-state index in [1.54, 1.807) is 0 Å². The molecule has 6 heteroatoms. The van der Waals surface area contributed by atoms with Gasteiger partial charge in [-0.25, -0.2) is 0 Å². The van der Waals surface area contributed by atoms with E-state index in [-0.39, 0.29) is 12.1 Å². The van der Waals surface area contributed by atoms with Crippen LogP contribution in [0.25, 0.3) is 0 Å². The van der Waals surface area contributed by atoms with E-state index in [1.165, 1.54) is 0 Å². The lowest BCUT2D eigenvalue weighted by Gasteiger charge is -2.34. The minimum atomic E-state index is -0.815. The number of halogens is 1. The Morgan fingerprint density at radius 2 is 2.05 bits per heavy atom. The number of hydrogen-bond donors (Lipinski definition) is 1. The van der Waals surface area contributed by atoms with Crippen LogP contribution in [0.3, 0.4) is 0 Å². The lowest BCUT2D eigenvalue weighted by atomic mass is 10.1. The average Bonchev–Trinajstić information content (AvgIpc) is 2.53. The van der Waals surface area contributed by atoms with E-state index < -0.39 is 5.97 Å². The van der Waals surface area contributed by atoms with E-state index in [4.69, 9.17) is 5.11 Å². The molecule has 0 saturated heterocycles. The fraction of sp³-hybridized carbons (Fsp3) is 0.692. The summed E-state index contributed by atoms with van der Waals surface area (Å²) < 4.78 is 2.88. The summed E-state index contributed by atoms with van der Waals surface area (Å²) in [5.41, 5.74) is 1.74. The molecule has 5 nitrogen and oxygen atoms in total. The molecule has 1 rings (SSSR count). The Labute approximate surface area is 122 Å². The van der Waals surface area contributed by atoms with Crippen molar-refractivity contribution in [3.63, 3.8) is 0 Å². The van der Waals surface area contributed by atoms with Crippen molar-refractivity contribution in [2.75, 3.05) is 6.54 Å². The summed E-state index contributed by atoms with van der Waals surface area (Å²) in [4.78, 5) is 12.9. The normalized spacial score (nSPS) is 12.2. The monoisotopic (exact) mass is 331 g/mol. The Morgan fingerprint density at radius 1 is 1.47 bits per heavy atom. The summed E-state index contributed by atoms with van der Waals surface area (Å²) in [5.74, 6) is -0.815. The Kier molecular flexibility index (Phi) is 5.15. The highest BCUT2D eigenvalue weighted by atomic mass is 79.9. The third-order valence-electron chi connectivity index (χ3n) is 3.07. The van der Waals surface area contributed by atoms with Gasteiger partial charge in [0.25, 0.3) is 0 Å². The fourth-order valence-corrected chi connectivity index (χ4v) is 2.30. The van der Waals surface area contributed by atoms with Crippen molar-refractivity contribution < 1.29 is 9.90 Å². The zero-order valence-electron chi connectivity index (χ0n) is 12.2. The third kappa shape index (κ3) is 4.04. The van der Waals surface area contributed by atoms with Gasteiger partial charge in [0.2, 0.25) is 0 Å². The summed E-state index contributed by atoms with van der Waals surface area (Å²) >= 11 is 3.55. The standard InChI is InChI=1S/C13H22BrN3O2/c1-6-17-10(12(14)9(2)15-17)7-16(8-11(18)19)13(3,4)5/h6-8H2,1-5H3,(H,18,19). The third-order valence-corrected chi connectivity index (χ3v) is 4.10. The predicted molar refractivity (Wildman–Crippen MR) is 78.1 cm³/mol. The number of carboxylic acid groups (broad SMARTS) is 1. The first-order valence-electron chi connectivity index (χ1n) is 6.35. The predicted octanol–water partition coefficient (Wildman–Crippen LogP) is 2.66. The molecule has 0 spiro atoms. The van der Waals surface area contributed by atoms with Crippen LogP contribution >= 0.6 is 15.9 Å². The summed E-state index contributed by atoms with van der Waals surface area (Å²) in [5, 5.41) is 13.5. The lowest BCUT2D eigenvalue weighted by Crippen LogP contribution is -2.44. The number of nitrogens with zero attached hydrogens (tertiary/aromatic N) is 3. The molecule has 1 heterocycles. The van der Waals surface area contributed by atoms with Gasteiger partial charge < -0.3 is 5.11 Å². The Morgan fingerprint density at radius 3 is 2.47 bits per heavy atom. The van der Waals surface area contributed by atoms with E-state index in [9.17, 15) is 4.79 Å². The SMILES string of the molecule is CCn1nc(C)c(Br)c1CN(CC(=O)O)C(C)(C)C. The van der Waals surface area contributed by atoms with Gasteiger partial charge in [-0.2, -0.15) is 5.10 Å².